The third-order valence-electron chi connectivity index (χ3n) is 16.8. The van der Waals surface area contributed by atoms with Gasteiger partial charge >= 0.3 is 0 Å². The maximum atomic E-state index is 13.4. The number of thiol groups is 2. The Morgan fingerprint density at radius 3 is 0.366 bits per heavy atom. The number of amides is 10. The third-order valence-corrected chi connectivity index (χ3v) is 25.7. The van der Waals surface area contributed by atoms with E-state index >= 15 is 0 Å². The van der Waals surface area contributed by atoms with E-state index < -0.39 is 0 Å². The minimum Gasteiger partial charge on any atom is -0.339 e. The van der Waals surface area contributed by atoms with Crippen LogP contribution in [0.4, 0.5) is 0 Å². The first-order valence-electron chi connectivity index (χ1n) is 34.8. The van der Waals surface area contributed by atoms with Gasteiger partial charge < -0.3 is 102 Å². The van der Waals surface area contributed by atoms with Gasteiger partial charge in [-0.3, -0.25) is 47.9 Å². The van der Waals surface area contributed by atoms with Crippen LogP contribution in [0.3, 0.4) is 0 Å². The zero-order chi connectivity index (χ0) is 71.6. The summed E-state index contributed by atoms with van der Waals surface area (Å²) in [5.41, 5.74) is 0. The summed E-state index contributed by atoms with van der Waals surface area (Å²) >= 11 is 8.26. The van der Waals surface area contributed by atoms with E-state index in [0.29, 0.717) is 262 Å². The van der Waals surface area contributed by atoms with Crippen LogP contribution < -0.4 is 53.2 Å². The van der Waals surface area contributed by atoms with Crippen LogP contribution in [0.25, 0.3) is 0 Å². The number of carbonyl (C=O) groups excluding carboxylic acids is 10. The highest BCUT2D eigenvalue weighted by atomic mass is 35.5. The van der Waals surface area contributed by atoms with E-state index in [4.69, 9.17) is 0 Å². The number of hydrogen-bond acceptors (Lipinski definition) is 30. The van der Waals surface area contributed by atoms with E-state index in [0.717, 1.165) is 0 Å². The van der Waals surface area contributed by atoms with E-state index in [1.807, 2.05) is 39.2 Å². The molecule has 10 amide bonds. The smallest absolute Gasteiger partial charge is 0.233 e. The third kappa shape index (κ3) is 40.2. The molecular weight excluding hydrogens is 1520 g/mol. The normalized spacial score (nSPS) is 19.6. The average molecular weight is 1630 g/mol. The summed E-state index contributed by atoms with van der Waals surface area (Å²) in [6.07, 6.45) is 0. The van der Waals surface area contributed by atoms with Crippen LogP contribution in [0.5, 0.6) is 0 Å². The van der Waals surface area contributed by atoms with E-state index in [2.05, 4.69) is 78.4 Å². The molecule has 30 nitrogen and oxygen atoms in total. The van der Waals surface area contributed by atoms with Gasteiger partial charge in [-0.15, -0.1) is 12.4 Å². The summed E-state index contributed by atoms with van der Waals surface area (Å²) in [6.45, 7) is 22.8. The average Bonchev–Trinajstić information content (AvgIpc) is 1.17. The molecule has 5 fully saturated rings. The molecule has 0 spiro atoms. The highest BCUT2D eigenvalue weighted by molar-refractivity contribution is 8.78. The quantitative estimate of drug-likeness (QED) is 0.0280. The van der Waals surface area contributed by atoms with E-state index in [1.165, 1.54) is 86.4 Å². The molecule has 0 unspecified atom stereocenters. The van der Waals surface area contributed by atoms with Crippen molar-refractivity contribution in [3.63, 3.8) is 0 Å². The van der Waals surface area contributed by atoms with Crippen LogP contribution in [0, 0.1) is 0 Å². The predicted molar refractivity (Wildman–Crippen MR) is 429 cm³/mol. The summed E-state index contributed by atoms with van der Waals surface area (Å²) in [5.74, 6) is 2.47. The molecule has 0 aliphatic carbocycles. The molecular formula is C60H113ClN20O10S10. The maximum absolute atomic E-state index is 13.4. The Bertz CT molecular complexity index is 2210. The molecule has 0 radical (unpaired) electrons. The van der Waals surface area contributed by atoms with Crippen LogP contribution in [0.1, 0.15) is 0 Å². The molecule has 5 aliphatic rings. The first-order chi connectivity index (χ1) is 48.8. The highest BCUT2D eigenvalue weighted by Gasteiger charge is 2.24. The van der Waals surface area contributed by atoms with Gasteiger partial charge in [-0.05, 0) is 0 Å². The molecule has 101 heavy (non-hydrogen) atoms. The second kappa shape index (κ2) is 58.2. The molecule has 0 aromatic rings. The predicted octanol–water partition coefficient (Wildman–Crippen LogP) is -3.96. The SMILES string of the molecule is Cl.O=C(CS)N1CCNCCN(C(=O)CSSCC(=O)N2CCNCCN(C(=O)CSSCC(=O)N3CCNCCN(C(=O)CSSCC(=O)N4CCNCCN(C(=O)CSSCC(=O)N5CCNCCN(C(=O)CS)CCNCC5)CCNCC4)CCNCC3)CCNCC2)CCNCC1. The summed E-state index contributed by atoms with van der Waals surface area (Å²) in [6, 6.07) is 0. The Kier molecular flexibility index (Phi) is 52.7. The van der Waals surface area contributed by atoms with Crippen molar-refractivity contribution in [2.45, 2.75) is 0 Å². The van der Waals surface area contributed by atoms with Crippen molar-refractivity contribution in [2.75, 3.05) is 319 Å². The molecule has 0 bridgehead atoms. The van der Waals surface area contributed by atoms with Gasteiger partial charge in [0.1, 0.15) is 0 Å². The molecule has 5 saturated heterocycles. The van der Waals surface area contributed by atoms with Crippen molar-refractivity contribution in [2.24, 2.45) is 0 Å². The summed E-state index contributed by atoms with van der Waals surface area (Å²) < 4.78 is 0. The lowest BCUT2D eigenvalue weighted by molar-refractivity contribution is -0.129. The number of nitrogens with zero attached hydrogens (tertiary/aromatic N) is 10. The van der Waals surface area contributed by atoms with Crippen LogP contribution >= 0.6 is 124 Å². The van der Waals surface area contributed by atoms with Crippen molar-refractivity contribution in [3.8, 4) is 0 Å². The fraction of sp³-hybridized carbons (Fsp3) is 0.833. The molecule has 5 heterocycles. The summed E-state index contributed by atoms with van der Waals surface area (Å²) in [4.78, 5) is 149. The zero-order valence-corrected chi connectivity index (χ0v) is 67.6. The Morgan fingerprint density at radius 2 is 0.277 bits per heavy atom. The minimum atomic E-state index is 0. The molecule has 580 valence electrons. The van der Waals surface area contributed by atoms with Gasteiger partial charge in [0.2, 0.25) is 59.1 Å². The van der Waals surface area contributed by atoms with Crippen LogP contribution in [0.15, 0.2) is 0 Å². The minimum absolute atomic E-state index is 0. The van der Waals surface area contributed by atoms with Crippen LogP contribution in [-0.2, 0) is 47.9 Å². The fourth-order valence-corrected chi connectivity index (χ4v) is 18.6. The lowest BCUT2D eigenvalue weighted by Crippen LogP contribution is -2.47. The number of rotatable bonds is 22. The van der Waals surface area contributed by atoms with Gasteiger partial charge in [0.25, 0.3) is 0 Å². The summed E-state index contributed by atoms with van der Waals surface area (Å²) in [5, 5.41) is 33.8. The molecule has 5 rings (SSSR count). The number of carbonyl (C=O) groups is 10. The molecule has 0 atom stereocenters. The fourth-order valence-electron chi connectivity index (χ4n) is 10.8. The second-order valence-electron chi connectivity index (χ2n) is 23.7. The number of halogens is 1. The number of nitrogens with one attached hydrogen (secondary N) is 10. The lowest BCUT2D eigenvalue weighted by Gasteiger charge is -2.27. The van der Waals surface area contributed by atoms with Gasteiger partial charge in [0, 0.05) is 262 Å². The van der Waals surface area contributed by atoms with E-state index in [-0.39, 0.29) is 129 Å². The van der Waals surface area contributed by atoms with Gasteiger partial charge in [0.05, 0.1) is 57.5 Å². The Hall–Kier alpha value is -1.91. The molecule has 0 aromatic carbocycles. The monoisotopic (exact) mass is 1630 g/mol. The van der Waals surface area contributed by atoms with Crippen LogP contribution in [0.2, 0.25) is 0 Å². The first-order valence-corrected chi connectivity index (χ1v) is 46.0. The van der Waals surface area contributed by atoms with E-state index in [1.54, 1.807) is 9.80 Å². The van der Waals surface area contributed by atoms with Crippen LogP contribution in [-0.4, -0.2) is 427 Å². The van der Waals surface area contributed by atoms with Crippen molar-refractivity contribution in [3.05, 3.63) is 0 Å². The van der Waals surface area contributed by atoms with Gasteiger partial charge in [0.15, 0.2) is 0 Å². The van der Waals surface area contributed by atoms with Crippen molar-refractivity contribution < 1.29 is 47.9 Å². The first kappa shape index (κ1) is 91.5. The molecule has 41 heteroatoms. The zero-order valence-electron chi connectivity index (χ0n) is 58.5. The topological polar surface area (TPSA) is 323 Å². The van der Waals surface area contributed by atoms with Crippen molar-refractivity contribution in [1.29, 1.82) is 0 Å². The van der Waals surface area contributed by atoms with Gasteiger partial charge in [-0.25, -0.2) is 0 Å². The maximum Gasteiger partial charge on any atom is 0.233 e. The Labute approximate surface area is 647 Å². The molecule has 10 N–H and O–H groups in total. The van der Waals surface area contributed by atoms with Gasteiger partial charge in [-0.1, -0.05) is 86.4 Å². The van der Waals surface area contributed by atoms with Gasteiger partial charge in [-0.2, -0.15) is 25.3 Å². The Morgan fingerprint density at radius 1 is 0.188 bits per heavy atom. The lowest BCUT2D eigenvalue weighted by atomic mass is 10.3. The molecule has 5 aliphatic heterocycles. The largest absolute Gasteiger partial charge is 0.339 e. The van der Waals surface area contributed by atoms with Crippen molar-refractivity contribution >= 4 is 183 Å². The number of hydrogen-bond donors (Lipinski definition) is 12. The molecule has 0 saturated carbocycles. The Balaban J connectivity index is 0.0000216. The molecule has 0 aromatic heterocycles. The highest BCUT2D eigenvalue weighted by Crippen LogP contribution is 2.25. The standard InChI is InChI=1S/C60H112N20O10S10.ClH/c81-51(41-91)71-21-1-61-5-25-73(26-6-62-2-22-71)53(83)43-93-95-45-55(85)75-29-9-65-13-33-77(34-14-66-10-30-75)57(87)47-97-99-49-59(89)79-37-17-69-19-39-80(40-20-70-18-38-79)60(90)50-100-98-48-58(88)78-35-15-67-11-31-76(32-12-68-16-36-78)56(86)46-96-94-44-54(84)74-27-7-63-3-23-72(52(82)42-92)24-4-64-8-28-74;/h61-70,91-92H,1-50H2;1H. The summed E-state index contributed by atoms with van der Waals surface area (Å²) in [7, 11) is 11.1. The second-order valence-corrected chi connectivity index (χ2v) is 34.2. The van der Waals surface area contributed by atoms with Crippen molar-refractivity contribution in [1.82, 2.24) is 102 Å². The van der Waals surface area contributed by atoms with E-state index in [9.17, 15) is 47.9 Å².